The van der Waals surface area contributed by atoms with Crippen LogP contribution in [0.4, 0.5) is 9.52 Å². The third-order valence-electron chi connectivity index (χ3n) is 6.19. The summed E-state index contributed by atoms with van der Waals surface area (Å²) in [5, 5.41) is 19.9. The number of ketones is 1. The van der Waals surface area contributed by atoms with Gasteiger partial charge in [0.1, 0.15) is 23.1 Å². The van der Waals surface area contributed by atoms with Gasteiger partial charge in [-0.2, -0.15) is 0 Å². The lowest BCUT2D eigenvalue weighted by Crippen LogP contribution is -2.29. The Bertz CT molecular complexity index is 1550. The van der Waals surface area contributed by atoms with E-state index in [0.29, 0.717) is 39.3 Å². The third-order valence-corrected chi connectivity index (χ3v) is 8.32. The summed E-state index contributed by atoms with van der Waals surface area (Å²) >= 11 is 2.54. The molecule has 1 N–H and O–H groups in total. The molecule has 0 radical (unpaired) electrons. The van der Waals surface area contributed by atoms with E-state index in [9.17, 15) is 19.1 Å². The van der Waals surface area contributed by atoms with Gasteiger partial charge in [-0.25, -0.2) is 4.39 Å². The molecule has 1 fully saturated rings. The number of nitrogens with zero attached hydrogens (tertiary/aromatic N) is 3. The van der Waals surface area contributed by atoms with Crippen LogP contribution in [0, 0.1) is 5.82 Å². The number of hydrogen-bond acceptors (Lipinski definition) is 9. The van der Waals surface area contributed by atoms with E-state index in [2.05, 4.69) is 10.2 Å². The second-order valence-electron chi connectivity index (χ2n) is 8.67. The molecular weight excluding hydrogens is 553 g/mol. The van der Waals surface area contributed by atoms with E-state index in [-0.39, 0.29) is 22.3 Å². The fraction of sp³-hybridized carbons (Fsp3) is 0.172. The predicted octanol–water partition coefficient (Wildman–Crippen LogP) is 6.00. The Morgan fingerprint density at radius 3 is 2.33 bits per heavy atom. The van der Waals surface area contributed by atoms with Crippen molar-refractivity contribution in [1.29, 1.82) is 0 Å². The van der Waals surface area contributed by atoms with E-state index in [1.54, 1.807) is 60.7 Å². The van der Waals surface area contributed by atoms with E-state index in [0.717, 1.165) is 16.9 Å². The average Bonchev–Trinajstić information content (AvgIpc) is 3.55. The highest BCUT2D eigenvalue weighted by Gasteiger charge is 2.48. The molecular formula is C29H24FN3O5S2. The number of aliphatic hydroxyl groups excluding tert-OH is 1. The molecule has 1 unspecified atom stereocenters. The van der Waals surface area contributed by atoms with Gasteiger partial charge in [0, 0.05) is 11.3 Å². The van der Waals surface area contributed by atoms with Crippen LogP contribution < -0.4 is 14.4 Å². The summed E-state index contributed by atoms with van der Waals surface area (Å²) < 4.78 is 24.6. The maximum Gasteiger partial charge on any atom is 0.301 e. The van der Waals surface area contributed by atoms with Crippen molar-refractivity contribution < 1.29 is 28.6 Å². The molecule has 11 heteroatoms. The fourth-order valence-electron chi connectivity index (χ4n) is 4.25. The first-order valence-electron chi connectivity index (χ1n) is 12.3. The number of carbonyl (C=O) groups excluding carboxylic acids is 2. The van der Waals surface area contributed by atoms with Crippen LogP contribution in [0.25, 0.3) is 5.76 Å². The second-order valence-corrected chi connectivity index (χ2v) is 10.8. The van der Waals surface area contributed by atoms with Gasteiger partial charge < -0.3 is 14.6 Å². The zero-order valence-electron chi connectivity index (χ0n) is 21.5. The quantitative estimate of drug-likeness (QED) is 0.0850. The summed E-state index contributed by atoms with van der Waals surface area (Å²) in [4.78, 5) is 28.1. The van der Waals surface area contributed by atoms with Crippen molar-refractivity contribution in [2.24, 2.45) is 0 Å². The monoisotopic (exact) mass is 577 g/mol. The highest BCUT2D eigenvalue weighted by molar-refractivity contribution is 8.00. The third kappa shape index (κ3) is 5.56. The topological polar surface area (TPSA) is 102 Å². The lowest BCUT2D eigenvalue weighted by molar-refractivity contribution is -0.132. The van der Waals surface area contributed by atoms with Crippen molar-refractivity contribution in [2.45, 2.75) is 23.1 Å². The number of ether oxygens (including phenoxy) is 2. The zero-order chi connectivity index (χ0) is 28.2. The molecule has 1 aliphatic heterocycles. The first kappa shape index (κ1) is 27.4. The summed E-state index contributed by atoms with van der Waals surface area (Å²) in [6.07, 6.45) is 0. The molecule has 4 aromatic rings. The molecule has 0 spiro atoms. The van der Waals surface area contributed by atoms with E-state index < -0.39 is 17.7 Å². The van der Waals surface area contributed by atoms with Gasteiger partial charge in [0.05, 0.1) is 25.3 Å². The predicted molar refractivity (Wildman–Crippen MR) is 151 cm³/mol. The number of amides is 1. The van der Waals surface area contributed by atoms with Gasteiger partial charge in [-0.15, -0.1) is 10.2 Å². The van der Waals surface area contributed by atoms with E-state index in [4.69, 9.17) is 9.47 Å². The maximum absolute atomic E-state index is 13.4. The molecule has 0 aliphatic carbocycles. The number of methoxy groups -OCH3 is 1. The number of halogens is 1. The largest absolute Gasteiger partial charge is 0.507 e. The first-order valence-corrected chi connectivity index (χ1v) is 14.1. The van der Waals surface area contributed by atoms with Crippen molar-refractivity contribution >= 4 is 45.7 Å². The molecule has 2 heterocycles. The number of Topliss-reactive ketones (excluding diaryl/α,β-unsaturated/α-hetero) is 1. The molecule has 1 atom stereocenters. The summed E-state index contributed by atoms with van der Waals surface area (Å²) in [6, 6.07) is 18.8. The number of hydrogen-bond donors (Lipinski definition) is 1. The number of thioether (sulfide) groups is 1. The molecule has 3 aromatic carbocycles. The Kier molecular flexibility index (Phi) is 8.13. The number of aliphatic hydroxyl groups is 1. The van der Waals surface area contributed by atoms with Crippen LogP contribution in [0.3, 0.4) is 0 Å². The molecule has 40 heavy (non-hydrogen) atoms. The molecule has 0 saturated carbocycles. The van der Waals surface area contributed by atoms with Crippen molar-refractivity contribution in [2.75, 3.05) is 18.6 Å². The Balaban J connectivity index is 1.52. The summed E-state index contributed by atoms with van der Waals surface area (Å²) in [5.74, 6) is -0.534. The minimum Gasteiger partial charge on any atom is -0.507 e. The van der Waals surface area contributed by atoms with Crippen LogP contribution in [0.2, 0.25) is 0 Å². The van der Waals surface area contributed by atoms with Crippen LogP contribution in [-0.2, 0) is 15.3 Å². The zero-order valence-corrected chi connectivity index (χ0v) is 23.2. The van der Waals surface area contributed by atoms with E-state index in [1.807, 2.05) is 6.92 Å². The number of anilines is 1. The average molecular weight is 578 g/mol. The maximum atomic E-state index is 13.4. The van der Waals surface area contributed by atoms with Crippen molar-refractivity contribution in [3.05, 3.63) is 101 Å². The fourth-order valence-corrected chi connectivity index (χ4v) is 6.07. The Hall–Kier alpha value is -4.22. The van der Waals surface area contributed by atoms with Crippen LogP contribution in [0.15, 0.2) is 82.7 Å². The molecule has 0 bridgehead atoms. The second kappa shape index (κ2) is 11.9. The van der Waals surface area contributed by atoms with Crippen LogP contribution in [0.5, 0.6) is 11.5 Å². The van der Waals surface area contributed by atoms with Gasteiger partial charge in [0.15, 0.2) is 4.34 Å². The molecule has 1 aliphatic rings. The molecule has 1 saturated heterocycles. The van der Waals surface area contributed by atoms with Crippen molar-refractivity contribution in [1.82, 2.24) is 10.2 Å². The van der Waals surface area contributed by atoms with Crippen LogP contribution >= 0.6 is 23.1 Å². The molecule has 204 valence electrons. The van der Waals surface area contributed by atoms with Gasteiger partial charge in [-0.1, -0.05) is 47.4 Å². The van der Waals surface area contributed by atoms with Gasteiger partial charge >= 0.3 is 5.91 Å². The number of rotatable bonds is 9. The SMILES string of the molecule is CCOc1ccc(C2/C(=C(/O)c3ccc(OC)cc3)C(=O)C(=O)N2c2nnc(SCc3ccc(F)cc3)s2)cc1. The first-order chi connectivity index (χ1) is 19.4. The lowest BCUT2D eigenvalue weighted by Gasteiger charge is -2.22. The molecule has 1 aromatic heterocycles. The van der Waals surface area contributed by atoms with Gasteiger partial charge in [-0.05, 0) is 66.6 Å². The standard InChI is InChI=1S/C29H24FN3O5S2/c1-3-38-22-14-6-18(7-15-22)24-23(25(34)19-8-12-21(37-2)13-9-19)26(35)27(36)33(24)28-31-32-29(40-28)39-16-17-4-10-20(30)11-5-17/h4-15,24,34H,3,16H2,1-2H3/b25-23-. The number of carbonyl (C=O) groups is 2. The van der Waals surface area contributed by atoms with Crippen molar-refractivity contribution in [3.63, 3.8) is 0 Å². The molecule has 8 nitrogen and oxygen atoms in total. The van der Waals surface area contributed by atoms with Gasteiger partial charge in [0.2, 0.25) is 5.13 Å². The van der Waals surface area contributed by atoms with Gasteiger partial charge in [0.25, 0.3) is 5.78 Å². The van der Waals surface area contributed by atoms with Crippen LogP contribution in [0.1, 0.15) is 29.7 Å². The Morgan fingerprint density at radius 1 is 1.00 bits per heavy atom. The summed E-state index contributed by atoms with van der Waals surface area (Å²) in [7, 11) is 1.53. The van der Waals surface area contributed by atoms with E-state index >= 15 is 0 Å². The van der Waals surface area contributed by atoms with Crippen molar-refractivity contribution in [3.8, 4) is 11.5 Å². The van der Waals surface area contributed by atoms with Gasteiger partial charge in [-0.3, -0.25) is 14.5 Å². The number of aromatic nitrogens is 2. The van der Waals surface area contributed by atoms with E-state index in [1.165, 1.54) is 35.9 Å². The van der Waals surface area contributed by atoms with Crippen LogP contribution in [-0.4, -0.2) is 40.7 Å². The highest BCUT2D eigenvalue weighted by Crippen LogP contribution is 2.44. The number of benzene rings is 3. The Labute approximate surface area is 238 Å². The molecule has 5 rings (SSSR count). The molecule has 1 amide bonds. The summed E-state index contributed by atoms with van der Waals surface area (Å²) in [6.45, 7) is 2.36. The Morgan fingerprint density at radius 2 is 1.68 bits per heavy atom. The normalized spacial score (nSPS) is 16.4. The highest BCUT2D eigenvalue weighted by atomic mass is 32.2. The smallest absolute Gasteiger partial charge is 0.301 e. The summed E-state index contributed by atoms with van der Waals surface area (Å²) in [5.41, 5.74) is 1.79. The minimum absolute atomic E-state index is 0.0601. The minimum atomic E-state index is -0.944. The lowest BCUT2D eigenvalue weighted by atomic mass is 9.95.